The number of pyridine rings is 2. The fourth-order valence-electron chi connectivity index (χ4n) is 5.39. The number of para-hydroxylation sites is 1. The van der Waals surface area contributed by atoms with E-state index in [4.69, 9.17) is 29.2 Å². The number of ether oxygens (including phenoxy) is 2. The molecule has 4 aromatic rings. The Labute approximate surface area is 246 Å². The molecule has 4 unspecified atom stereocenters. The van der Waals surface area contributed by atoms with Crippen molar-refractivity contribution >= 4 is 31.4 Å². The van der Waals surface area contributed by atoms with Crippen LogP contribution in [0.3, 0.4) is 0 Å². The smallest absolute Gasteiger partial charge is 0.354 e. The third kappa shape index (κ3) is 5.43. The molecule has 0 radical (unpaired) electrons. The summed E-state index contributed by atoms with van der Waals surface area (Å²) in [6.07, 6.45) is -0.132. The molecule has 0 bridgehead atoms. The number of carbonyl (C=O) groups excluding carboxylic acids is 1. The molecule has 14 nitrogen and oxygen atoms in total. The number of aromatic nitrogens is 5. The second kappa shape index (κ2) is 11.9. The molecule has 43 heavy (non-hydrogen) atoms. The number of benzene rings is 1. The SMILES string of the molecule is CC.Nc1ncn(C2CCC(COP(O)OC3C(=O)OCc4c3cc3n(c4=O)Cc4cc5ccccc5nc4-3)O2)c(=O)n1. The molecule has 6 heterocycles. The molecule has 3 N–H and O–H groups in total. The molecule has 0 saturated carbocycles. The monoisotopic (exact) mass is 608 g/mol. The van der Waals surface area contributed by atoms with Gasteiger partial charge in [-0.25, -0.2) is 19.6 Å². The minimum absolute atomic E-state index is 0.0604. The number of nitrogens with zero attached hydrogens (tertiary/aromatic N) is 5. The summed E-state index contributed by atoms with van der Waals surface area (Å²) < 4.78 is 25.0. The standard InChI is InChI=1S/C26H23N6O8P.C2H6/c27-25-28-12-32(26(35)30-25)20-6-5-15(39-20)10-38-41(36)40-22-16-8-19-21-14(7-13-3-1-2-4-18(13)29-21)9-31(19)23(33)17(16)11-37-24(22)34;1-2/h1-4,7-8,12,15,20,22,36H,5-6,9-11H2,(H2,27,30,35);1-2H3. The Kier molecular flexibility index (Phi) is 8.03. The van der Waals surface area contributed by atoms with Crippen molar-refractivity contribution in [2.75, 3.05) is 12.3 Å². The average molecular weight is 609 g/mol. The molecule has 0 amide bonds. The highest BCUT2D eigenvalue weighted by Crippen LogP contribution is 2.44. The van der Waals surface area contributed by atoms with Gasteiger partial charge in [0, 0.05) is 16.5 Å². The summed E-state index contributed by atoms with van der Waals surface area (Å²) in [6.45, 7) is 4.09. The molecule has 0 spiro atoms. The van der Waals surface area contributed by atoms with Gasteiger partial charge in [0.15, 0.2) is 6.10 Å². The van der Waals surface area contributed by atoms with Crippen LogP contribution in [0.2, 0.25) is 0 Å². The number of hydrogen-bond donors (Lipinski definition) is 2. The van der Waals surface area contributed by atoms with Crippen LogP contribution in [0.4, 0.5) is 5.95 Å². The van der Waals surface area contributed by atoms with E-state index in [0.29, 0.717) is 36.3 Å². The third-order valence-electron chi connectivity index (χ3n) is 7.37. The Morgan fingerprint density at radius 3 is 2.77 bits per heavy atom. The number of rotatable bonds is 6. The lowest BCUT2D eigenvalue weighted by atomic mass is 10.0. The molecule has 0 aliphatic carbocycles. The first-order valence-corrected chi connectivity index (χ1v) is 15.0. The zero-order valence-corrected chi connectivity index (χ0v) is 24.3. The lowest BCUT2D eigenvalue weighted by Crippen LogP contribution is -2.33. The van der Waals surface area contributed by atoms with Gasteiger partial charge in [-0.3, -0.25) is 13.9 Å². The summed E-state index contributed by atoms with van der Waals surface area (Å²) in [6, 6.07) is 11.4. The minimum Gasteiger partial charge on any atom is -0.458 e. The maximum atomic E-state index is 13.4. The van der Waals surface area contributed by atoms with Crippen molar-refractivity contribution in [3.63, 3.8) is 0 Å². The van der Waals surface area contributed by atoms with Crippen LogP contribution in [-0.2, 0) is 36.5 Å². The molecule has 7 rings (SSSR count). The number of anilines is 1. The highest BCUT2D eigenvalue weighted by atomic mass is 31.2. The molecule has 1 saturated heterocycles. The minimum atomic E-state index is -2.56. The summed E-state index contributed by atoms with van der Waals surface area (Å²) in [7, 11) is -2.56. The molecule has 1 fully saturated rings. The summed E-state index contributed by atoms with van der Waals surface area (Å²) in [5.74, 6) is -0.867. The van der Waals surface area contributed by atoms with Crippen LogP contribution in [-0.4, -0.2) is 47.7 Å². The Bertz CT molecular complexity index is 1830. The van der Waals surface area contributed by atoms with E-state index in [2.05, 4.69) is 9.97 Å². The molecular weight excluding hydrogens is 579 g/mol. The number of esters is 1. The quantitative estimate of drug-likeness (QED) is 0.213. The van der Waals surface area contributed by atoms with Gasteiger partial charge in [-0.15, -0.1) is 0 Å². The lowest BCUT2D eigenvalue weighted by Gasteiger charge is -2.26. The van der Waals surface area contributed by atoms with Crippen molar-refractivity contribution in [2.24, 2.45) is 0 Å². The van der Waals surface area contributed by atoms with Gasteiger partial charge in [0.1, 0.15) is 19.2 Å². The second-order valence-corrected chi connectivity index (χ2v) is 10.8. The number of nitrogens with two attached hydrogens (primary N) is 1. The van der Waals surface area contributed by atoms with Gasteiger partial charge in [-0.05, 0) is 31.0 Å². The predicted octanol–water partition coefficient (Wildman–Crippen LogP) is 2.71. The van der Waals surface area contributed by atoms with E-state index >= 15 is 0 Å². The molecule has 3 aliphatic rings. The van der Waals surface area contributed by atoms with Gasteiger partial charge in [0.2, 0.25) is 5.95 Å². The van der Waals surface area contributed by atoms with Crippen molar-refractivity contribution in [1.82, 2.24) is 24.1 Å². The first-order valence-electron chi connectivity index (χ1n) is 13.8. The van der Waals surface area contributed by atoms with Crippen LogP contribution in [0.5, 0.6) is 0 Å². The van der Waals surface area contributed by atoms with Gasteiger partial charge in [-0.1, -0.05) is 32.0 Å². The maximum Gasteiger partial charge on any atom is 0.354 e. The molecule has 1 aromatic carbocycles. The number of carbonyl (C=O) groups is 1. The number of nitrogen functional groups attached to an aromatic ring is 1. The molecule has 3 aliphatic heterocycles. The zero-order valence-electron chi connectivity index (χ0n) is 23.4. The number of hydrogen-bond acceptors (Lipinski definition) is 12. The van der Waals surface area contributed by atoms with Gasteiger partial charge >= 0.3 is 20.3 Å². The molecule has 4 atom stereocenters. The van der Waals surface area contributed by atoms with Gasteiger partial charge in [-0.2, -0.15) is 4.98 Å². The second-order valence-electron chi connectivity index (χ2n) is 9.86. The Morgan fingerprint density at radius 1 is 1.14 bits per heavy atom. The first-order chi connectivity index (χ1) is 20.9. The zero-order chi connectivity index (χ0) is 30.2. The topological polar surface area (TPSA) is 183 Å². The van der Waals surface area contributed by atoms with Gasteiger partial charge in [0.25, 0.3) is 5.56 Å². The Morgan fingerprint density at radius 2 is 1.95 bits per heavy atom. The van der Waals surface area contributed by atoms with E-state index in [1.807, 2.05) is 44.2 Å². The van der Waals surface area contributed by atoms with E-state index < -0.39 is 38.7 Å². The van der Waals surface area contributed by atoms with Gasteiger partial charge in [0.05, 0.1) is 41.7 Å². The van der Waals surface area contributed by atoms with Crippen LogP contribution < -0.4 is 17.0 Å². The largest absolute Gasteiger partial charge is 0.458 e. The van der Waals surface area contributed by atoms with Crippen molar-refractivity contribution in [3.05, 3.63) is 80.3 Å². The Balaban J connectivity index is 0.00000161. The van der Waals surface area contributed by atoms with Crippen molar-refractivity contribution in [2.45, 2.75) is 58.3 Å². The third-order valence-corrected chi connectivity index (χ3v) is 8.13. The van der Waals surface area contributed by atoms with Crippen LogP contribution >= 0.6 is 8.60 Å². The molecule has 224 valence electrons. The molecule has 3 aromatic heterocycles. The normalized spacial score (nSPS) is 20.9. The summed E-state index contributed by atoms with van der Waals surface area (Å²) in [5.41, 5.74) is 8.03. The van der Waals surface area contributed by atoms with E-state index in [-0.39, 0.29) is 30.3 Å². The summed E-state index contributed by atoms with van der Waals surface area (Å²) >= 11 is 0. The number of fused-ring (bicyclic) bond motifs is 5. The van der Waals surface area contributed by atoms with E-state index in [9.17, 15) is 19.3 Å². The molecule has 15 heteroatoms. The maximum absolute atomic E-state index is 13.4. The van der Waals surface area contributed by atoms with Crippen LogP contribution in [0.15, 0.2) is 52.3 Å². The van der Waals surface area contributed by atoms with Crippen LogP contribution in [0.25, 0.3) is 22.3 Å². The van der Waals surface area contributed by atoms with E-state index in [0.717, 1.165) is 16.5 Å². The van der Waals surface area contributed by atoms with Crippen LogP contribution in [0, 0.1) is 0 Å². The van der Waals surface area contributed by atoms with E-state index in [1.54, 1.807) is 10.6 Å². The van der Waals surface area contributed by atoms with Gasteiger partial charge < -0.3 is 29.2 Å². The molecular formula is C28H29N6O8P. The highest BCUT2D eigenvalue weighted by molar-refractivity contribution is 7.40. The van der Waals surface area contributed by atoms with E-state index in [1.165, 1.54) is 10.9 Å². The summed E-state index contributed by atoms with van der Waals surface area (Å²) in [4.78, 5) is 61.0. The summed E-state index contributed by atoms with van der Waals surface area (Å²) in [5, 5.41) is 0.964. The van der Waals surface area contributed by atoms with Crippen molar-refractivity contribution in [3.8, 4) is 11.4 Å². The number of cyclic esters (lactones) is 1. The highest BCUT2D eigenvalue weighted by Gasteiger charge is 2.38. The average Bonchev–Trinajstić information content (AvgIpc) is 3.62. The Hall–Kier alpha value is -4.07. The first kappa shape index (κ1) is 29.0. The fourth-order valence-corrected chi connectivity index (χ4v) is 6.13. The van der Waals surface area contributed by atoms with Crippen molar-refractivity contribution < 1.29 is 28.2 Å². The lowest BCUT2D eigenvalue weighted by molar-refractivity contribution is -0.156. The van der Waals surface area contributed by atoms with Crippen molar-refractivity contribution in [1.29, 1.82) is 0 Å². The van der Waals surface area contributed by atoms with Crippen LogP contribution in [0.1, 0.15) is 55.7 Å². The predicted molar refractivity (Wildman–Crippen MR) is 154 cm³/mol. The fraction of sp³-hybridized carbons (Fsp3) is 0.357.